The summed E-state index contributed by atoms with van der Waals surface area (Å²) >= 11 is 0. The second kappa shape index (κ2) is 9.66. The third-order valence-corrected chi connectivity index (χ3v) is 3.65. The Morgan fingerprint density at radius 2 is 2.32 bits per heavy atom. The van der Waals surface area contributed by atoms with Crippen LogP contribution >= 0.6 is 12.4 Å². The van der Waals surface area contributed by atoms with Crippen LogP contribution in [-0.2, 0) is 16.1 Å². The lowest BCUT2D eigenvalue weighted by Crippen LogP contribution is -2.48. The Morgan fingerprint density at radius 3 is 3.00 bits per heavy atom. The van der Waals surface area contributed by atoms with Crippen molar-refractivity contribution in [2.45, 2.75) is 38.5 Å². The number of rotatable bonds is 6. The summed E-state index contributed by atoms with van der Waals surface area (Å²) in [4.78, 5) is 12.1. The van der Waals surface area contributed by atoms with Gasteiger partial charge in [-0.15, -0.1) is 12.4 Å². The Balaban J connectivity index is 0.00000242. The van der Waals surface area contributed by atoms with E-state index in [4.69, 9.17) is 9.47 Å². The number of piperidine rings is 1. The van der Waals surface area contributed by atoms with Gasteiger partial charge in [-0.25, -0.2) is 0 Å². The van der Waals surface area contributed by atoms with Gasteiger partial charge in [-0.3, -0.25) is 4.79 Å². The number of nitrogens with one attached hydrogen (secondary N) is 2. The lowest BCUT2D eigenvalue weighted by molar-refractivity contribution is -0.133. The molecule has 2 N–H and O–H groups in total. The van der Waals surface area contributed by atoms with Gasteiger partial charge < -0.3 is 20.1 Å². The molecule has 124 valence electrons. The van der Waals surface area contributed by atoms with Crippen molar-refractivity contribution in [3.05, 3.63) is 29.8 Å². The van der Waals surface area contributed by atoms with E-state index in [1.54, 1.807) is 14.0 Å². The first-order valence-corrected chi connectivity index (χ1v) is 7.44. The van der Waals surface area contributed by atoms with Crippen LogP contribution in [0.4, 0.5) is 0 Å². The van der Waals surface area contributed by atoms with Crippen LogP contribution in [0, 0.1) is 0 Å². The molecule has 1 aromatic carbocycles. The molecule has 2 rings (SSSR count). The molecule has 1 aliphatic heterocycles. The van der Waals surface area contributed by atoms with Crippen molar-refractivity contribution in [2.75, 3.05) is 20.2 Å². The topological polar surface area (TPSA) is 59.6 Å². The van der Waals surface area contributed by atoms with Crippen LogP contribution in [0.3, 0.4) is 0 Å². The molecule has 1 amide bonds. The van der Waals surface area contributed by atoms with E-state index in [1.807, 2.05) is 24.3 Å². The second-order valence-corrected chi connectivity index (χ2v) is 5.36. The highest BCUT2D eigenvalue weighted by Gasteiger charge is 2.19. The molecule has 0 bridgehead atoms. The van der Waals surface area contributed by atoms with Crippen LogP contribution < -0.4 is 15.4 Å². The molecule has 5 nitrogen and oxygen atoms in total. The maximum absolute atomic E-state index is 12.1. The van der Waals surface area contributed by atoms with Gasteiger partial charge in [-0.1, -0.05) is 12.1 Å². The molecule has 1 saturated heterocycles. The molecule has 1 aliphatic rings. The van der Waals surface area contributed by atoms with Crippen LogP contribution in [0.2, 0.25) is 0 Å². The lowest BCUT2D eigenvalue weighted by atomic mass is 10.1. The summed E-state index contributed by atoms with van der Waals surface area (Å²) < 4.78 is 10.8. The average Bonchev–Trinajstić information content (AvgIpc) is 2.53. The minimum Gasteiger partial charge on any atom is -0.497 e. The standard InChI is InChI=1S/C16H24N2O3.ClH/c1-12(16(19)18-14-6-4-8-17-10-14)21-11-13-5-3-7-15(9-13)20-2;/h3,5,7,9,12,14,17H,4,6,8,10-11H2,1-2H3,(H,18,19);1H. The largest absolute Gasteiger partial charge is 0.497 e. The number of methoxy groups -OCH3 is 1. The number of benzene rings is 1. The predicted octanol–water partition coefficient (Wildman–Crippen LogP) is 1.89. The normalized spacial score (nSPS) is 18.9. The number of amides is 1. The highest BCUT2D eigenvalue weighted by molar-refractivity contribution is 5.85. The van der Waals surface area contributed by atoms with E-state index in [-0.39, 0.29) is 24.4 Å². The van der Waals surface area contributed by atoms with Crippen LogP contribution in [0.15, 0.2) is 24.3 Å². The van der Waals surface area contributed by atoms with Crippen LogP contribution in [0.5, 0.6) is 5.75 Å². The zero-order valence-corrected chi connectivity index (χ0v) is 13.9. The molecular weight excluding hydrogens is 304 g/mol. The first-order chi connectivity index (χ1) is 10.2. The van der Waals surface area contributed by atoms with Crippen molar-refractivity contribution in [1.82, 2.24) is 10.6 Å². The zero-order chi connectivity index (χ0) is 15.1. The molecule has 1 heterocycles. The van der Waals surface area contributed by atoms with Gasteiger partial charge in [-0.2, -0.15) is 0 Å². The van der Waals surface area contributed by atoms with Gasteiger partial charge in [0.1, 0.15) is 11.9 Å². The van der Waals surface area contributed by atoms with Gasteiger partial charge in [0.25, 0.3) is 0 Å². The first-order valence-electron chi connectivity index (χ1n) is 7.44. The zero-order valence-electron chi connectivity index (χ0n) is 13.1. The van der Waals surface area contributed by atoms with E-state index in [0.717, 1.165) is 37.2 Å². The number of hydrogen-bond donors (Lipinski definition) is 2. The second-order valence-electron chi connectivity index (χ2n) is 5.36. The van der Waals surface area contributed by atoms with Gasteiger partial charge in [0, 0.05) is 12.6 Å². The fourth-order valence-electron chi connectivity index (χ4n) is 2.35. The molecule has 2 atom stereocenters. The fraction of sp³-hybridized carbons (Fsp3) is 0.562. The monoisotopic (exact) mass is 328 g/mol. The molecule has 6 heteroatoms. The maximum Gasteiger partial charge on any atom is 0.249 e. The molecule has 0 saturated carbocycles. The Labute approximate surface area is 138 Å². The number of carbonyl (C=O) groups excluding carboxylic acids is 1. The van der Waals surface area contributed by atoms with Crippen LogP contribution in [-0.4, -0.2) is 38.3 Å². The van der Waals surface area contributed by atoms with E-state index >= 15 is 0 Å². The van der Waals surface area contributed by atoms with Gasteiger partial charge in [0.05, 0.1) is 13.7 Å². The molecule has 1 aromatic rings. The molecule has 0 aromatic heterocycles. The summed E-state index contributed by atoms with van der Waals surface area (Å²) in [7, 11) is 1.63. The molecule has 0 radical (unpaired) electrons. The van der Waals surface area contributed by atoms with E-state index in [9.17, 15) is 4.79 Å². The van der Waals surface area contributed by atoms with E-state index in [0.29, 0.717) is 6.61 Å². The third-order valence-electron chi connectivity index (χ3n) is 3.65. The Bertz CT molecular complexity index is 464. The number of ether oxygens (including phenoxy) is 2. The molecule has 0 spiro atoms. The van der Waals surface area contributed by atoms with Crippen molar-refractivity contribution < 1.29 is 14.3 Å². The predicted molar refractivity (Wildman–Crippen MR) is 88.5 cm³/mol. The van der Waals surface area contributed by atoms with Crippen molar-refractivity contribution in [2.24, 2.45) is 0 Å². The molecule has 1 fully saturated rings. The van der Waals surface area contributed by atoms with Crippen molar-refractivity contribution in [1.29, 1.82) is 0 Å². The molecular formula is C16H25ClN2O3. The Hall–Kier alpha value is -1.30. The minimum absolute atomic E-state index is 0. The summed E-state index contributed by atoms with van der Waals surface area (Å²) in [5, 5.41) is 6.31. The highest BCUT2D eigenvalue weighted by atomic mass is 35.5. The lowest BCUT2D eigenvalue weighted by Gasteiger charge is -2.25. The van der Waals surface area contributed by atoms with Gasteiger partial charge >= 0.3 is 0 Å². The Kier molecular flexibility index (Phi) is 8.24. The van der Waals surface area contributed by atoms with Crippen molar-refractivity contribution in [3.8, 4) is 5.75 Å². The first kappa shape index (κ1) is 18.7. The third kappa shape index (κ3) is 5.83. The van der Waals surface area contributed by atoms with Crippen LogP contribution in [0.25, 0.3) is 0 Å². The van der Waals surface area contributed by atoms with E-state index < -0.39 is 6.10 Å². The molecule has 0 aliphatic carbocycles. The number of halogens is 1. The van der Waals surface area contributed by atoms with E-state index in [2.05, 4.69) is 10.6 Å². The molecule has 2 unspecified atom stereocenters. The summed E-state index contributed by atoms with van der Waals surface area (Å²) in [5.41, 5.74) is 0.994. The summed E-state index contributed by atoms with van der Waals surface area (Å²) in [6, 6.07) is 7.88. The van der Waals surface area contributed by atoms with Crippen molar-refractivity contribution in [3.63, 3.8) is 0 Å². The fourth-order valence-corrected chi connectivity index (χ4v) is 2.35. The summed E-state index contributed by atoms with van der Waals surface area (Å²) in [6.07, 6.45) is 1.67. The smallest absolute Gasteiger partial charge is 0.249 e. The highest BCUT2D eigenvalue weighted by Crippen LogP contribution is 2.14. The SMILES string of the molecule is COc1cccc(COC(C)C(=O)NC2CCCNC2)c1.Cl. The van der Waals surface area contributed by atoms with Crippen molar-refractivity contribution >= 4 is 18.3 Å². The molecule has 22 heavy (non-hydrogen) atoms. The van der Waals surface area contributed by atoms with E-state index in [1.165, 1.54) is 0 Å². The average molecular weight is 329 g/mol. The Morgan fingerprint density at radius 1 is 1.50 bits per heavy atom. The van der Waals surface area contributed by atoms with Gasteiger partial charge in [-0.05, 0) is 44.0 Å². The quantitative estimate of drug-likeness (QED) is 0.837. The van der Waals surface area contributed by atoms with Gasteiger partial charge in [0.2, 0.25) is 5.91 Å². The number of carbonyl (C=O) groups is 1. The summed E-state index contributed by atoms with van der Waals surface area (Å²) in [6.45, 7) is 4.06. The van der Waals surface area contributed by atoms with Crippen LogP contribution in [0.1, 0.15) is 25.3 Å². The maximum atomic E-state index is 12.1. The summed E-state index contributed by atoms with van der Waals surface area (Å²) in [5.74, 6) is 0.744. The van der Waals surface area contributed by atoms with Gasteiger partial charge in [0.15, 0.2) is 0 Å². The number of hydrogen-bond acceptors (Lipinski definition) is 4. The minimum atomic E-state index is -0.460.